The van der Waals surface area contributed by atoms with E-state index in [-0.39, 0.29) is 0 Å². The second-order valence-corrected chi connectivity index (χ2v) is 2.51. The van der Waals surface area contributed by atoms with Crippen molar-refractivity contribution in [2.45, 2.75) is 0 Å². The molecule has 0 heterocycles. The molecule has 0 aromatic heterocycles. The molecule has 0 aromatic rings. The maximum Gasteiger partial charge on any atom is 0.631 e. The van der Waals surface area contributed by atoms with Crippen LogP contribution in [-0.2, 0) is 0 Å². The summed E-state index contributed by atoms with van der Waals surface area (Å²) in [6, 6.07) is 0. The van der Waals surface area contributed by atoms with Crippen LogP contribution in [0, 0.1) is 0 Å². The number of halogens is 3. The van der Waals surface area contributed by atoms with E-state index in [1.807, 2.05) is 0 Å². The van der Waals surface area contributed by atoms with Gasteiger partial charge in [-0.25, -0.2) is 0 Å². The predicted molar refractivity (Wildman–Crippen MR) is 28.5 cm³/mol. The Bertz CT molecular complexity index is 97.6. The molecule has 0 amide bonds. The molecule has 0 bridgehead atoms. The van der Waals surface area contributed by atoms with Crippen molar-refractivity contribution in [2.75, 3.05) is 0 Å². The van der Waals surface area contributed by atoms with Crippen LogP contribution in [-0.4, -0.2) is 71.3 Å². The summed E-state index contributed by atoms with van der Waals surface area (Å²) in [6.45, 7) is 0. The first-order chi connectivity index (χ1) is 4.37. The van der Waals surface area contributed by atoms with Crippen LogP contribution >= 0.6 is 0 Å². The Labute approximate surface area is 89.3 Å². The summed E-state index contributed by atoms with van der Waals surface area (Å²) in [6.07, 6.45) is -2.16. The van der Waals surface area contributed by atoms with Crippen molar-refractivity contribution >= 4 is 56.3 Å². The third kappa shape index (κ3) is 22.9. The standard InChI is InChI=1S/C2F3.BH3O3.K/c3-1-2(4)5;2-1(3)4;/h;2-4H;. The molecule has 0 atom stereocenters. The summed E-state index contributed by atoms with van der Waals surface area (Å²) < 4.78 is 31.2. The molecule has 0 aliphatic rings. The van der Waals surface area contributed by atoms with Crippen molar-refractivity contribution in [1.29, 1.82) is 0 Å². The fourth-order valence-electron chi connectivity index (χ4n) is 0. The molecule has 0 radical (unpaired) electrons. The average Bonchev–Trinajstić information content (AvgIpc) is 1.63. The molecule has 0 spiro atoms. The van der Waals surface area contributed by atoms with Crippen LogP contribution in [0.1, 0.15) is 0 Å². The Balaban J connectivity index is 0. The SMILES string of the molecule is FC(F)=[C](F)[K].OB(O)O. The monoisotopic (exact) mass is 182 g/mol. The van der Waals surface area contributed by atoms with Gasteiger partial charge in [-0.2, -0.15) is 0 Å². The molecule has 8 heteroatoms. The maximum atomic E-state index is 11.0. The molecule has 0 aromatic carbocycles. The summed E-state index contributed by atoms with van der Waals surface area (Å²) in [5.41, 5.74) is 0. The van der Waals surface area contributed by atoms with E-state index in [0.29, 0.717) is 0 Å². The summed E-state index contributed by atoms with van der Waals surface area (Å²) in [5, 5.41) is 21.5. The minimum atomic E-state index is -2.17. The van der Waals surface area contributed by atoms with Gasteiger partial charge in [-0.3, -0.25) is 0 Å². The second-order valence-electron chi connectivity index (χ2n) is 1.14. The Morgan fingerprint density at radius 3 is 1.20 bits per heavy atom. The van der Waals surface area contributed by atoms with Gasteiger partial charge in [-0.1, -0.05) is 0 Å². The first-order valence-corrected chi connectivity index (χ1v) is 3.65. The summed E-state index contributed by atoms with van der Waals surface area (Å²) in [7, 11) is -2.17. The summed E-state index contributed by atoms with van der Waals surface area (Å²) >= 11 is -0.494. The van der Waals surface area contributed by atoms with E-state index in [9.17, 15) is 13.2 Å². The minimum Gasteiger partial charge on any atom is -0.402 e. The van der Waals surface area contributed by atoms with Crippen LogP contribution < -0.4 is 0 Å². The van der Waals surface area contributed by atoms with Crippen LogP contribution in [0.4, 0.5) is 13.2 Å². The number of hydrogen-bond acceptors (Lipinski definition) is 3. The average molecular weight is 182 g/mol. The van der Waals surface area contributed by atoms with Gasteiger partial charge in [0.1, 0.15) is 0 Å². The molecule has 3 nitrogen and oxygen atoms in total. The zero-order chi connectivity index (χ0) is 8.73. The molecule has 0 aliphatic heterocycles. The van der Waals surface area contributed by atoms with Crippen molar-refractivity contribution < 1.29 is 28.2 Å². The van der Waals surface area contributed by atoms with Gasteiger partial charge in [-0.05, 0) is 0 Å². The van der Waals surface area contributed by atoms with Gasteiger partial charge in [0.25, 0.3) is 0 Å². The van der Waals surface area contributed by atoms with Crippen molar-refractivity contribution in [3.05, 3.63) is 6.00 Å². The summed E-state index contributed by atoms with van der Waals surface area (Å²) in [5.74, 6) is 0. The maximum absolute atomic E-state index is 11.0. The zero-order valence-electron chi connectivity index (χ0n) is 5.05. The first kappa shape index (κ1) is 13.7. The van der Waals surface area contributed by atoms with E-state index in [1.54, 1.807) is 0 Å². The molecule has 3 N–H and O–H groups in total. The molecule has 0 unspecified atom stereocenters. The van der Waals surface area contributed by atoms with Crippen molar-refractivity contribution in [3.63, 3.8) is 0 Å². The molecule has 0 fully saturated rings. The quantitative estimate of drug-likeness (QED) is 0.427. The minimum absolute atomic E-state index is 0.494. The Hall–Kier alpha value is 1.11. The van der Waals surface area contributed by atoms with Gasteiger partial charge in [0.2, 0.25) is 0 Å². The first-order valence-electron chi connectivity index (χ1n) is 2.09. The normalized spacial score (nSPS) is 7.60. The Morgan fingerprint density at radius 1 is 1.10 bits per heavy atom. The summed E-state index contributed by atoms with van der Waals surface area (Å²) in [4.78, 5) is 0. The smallest absolute Gasteiger partial charge is 0.402 e. The van der Waals surface area contributed by atoms with E-state index < -0.39 is 62.3 Å². The van der Waals surface area contributed by atoms with Crippen molar-refractivity contribution in [2.24, 2.45) is 0 Å². The van der Waals surface area contributed by atoms with Gasteiger partial charge < -0.3 is 15.1 Å². The molecular formula is C2H3BF3KO3. The molecule has 0 rings (SSSR count). The fourth-order valence-corrected chi connectivity index (χ4v) is 0. The molecular weight excluding hydrogens is 179 g/mol. The van der Waals surface area contributed by atoms with E-state index in [2.05, 4.69) is 0 Å². The molecule has 10 heavy (non-hydrogen) atoms. The Kier molecular flexibility index (Phi) is 11.2. The van der Waals surface area contributed by atoms with E-state index >= 15 is 0 Å². The van der Waals surface area contributed by atoms with E-state index in [4.69, 9.17) is 15.1 Å². The van der Waals surface area contributed by atoms with Gasteiger partial charge >= 0.3 is 75.4 Å². The van der Waals surface area contributed by atoms with E-state index in [1.165, 1.54) is 0 Å². The van der Waals surface area contributed by atoms with Crippen LogP contribution in [0.5, 0.6) is 0 Å². The largest absolute Gasteiger partial charge is 0.631 e. The van der Waals surface area contributed by atoms with E-state index in [0.717, 1.165) is 0 Å². The van der Waals surface area contributed by atoms with Crippen molar-refractivity contribution in [3.8, 4) is 0 Å². The van der Waals surface area contributed by atoms with Gasteiger partial charge in [0.05, 0.1) is 0 Å². The molecule has 0 saturated carbocycles. The predicted octanol–water partition coefficient (Wildman–Crippen LogP) is -0.862. The molecule has 0 saturated heterocycles. The number of hydrogen-bond donors (Lipinski definition) is 3. The van der Waals surface area contributed by atoms with Crippen LogP contribution in [0.25, 0.3) is 0 Å². The second kappa shape index (κ2) is 8.21. The van der Waals surface area contributed by atoms with Crippen LogP contribution in [0.15, 0.2) is 6.00 Å². The fraction of sp³-hybridized carbons (Fsp3) is 0. The molecule has 54 valence electrons. The zero-order valence-corrected chi connectivity index (χ0v) is 8.18. The molecule has 0 aliphatic carbocycles. The number of rotatable bonds is 0. The third-order valence-electron chi connectivity index (χ3n) is 0.260. The Morgan fingerprint density at radius 2 is 1.20 bits per heavy atom. The van der Waals surface area contributed by atoms with Gasteiger partial charge in [-0.15, -0.1) is 0 Å². The topological polar surface area (TPSA) is 60.7 Å². The van der Waals surface area contributed by atoms with Crippen LogP contribution in [0.2, 0.25) is 0 Å². The van der Waals surface area contributed by atoms with Crippen molar-refractivity contribution in [1.82, 2.24) is 0 Å². The van der Waals surface area contributed by atoms with Crippen LogP contribution in [0.3, 0.4) is 0 Å². The third-order valence-corrected chi connectivity index (χ3v) is 0.851. The van der Waals surface area contributed by atoms with Gasteiger partial charge in [0.15, 0.2) is 0 Å². The van der Waals surface area contributed by atoms with Gasteiger partial charge in [0, 0.05) is 0 Å².